The third-order valence-electron chi connectivity index (χ3n) is 4.69. The summed E-state index contributed by atoms with van der Waals surface area (Å²) in [5.41, 5.74) is 0.895. The molecule has 4 rings (SSSR count). The standard InChI is InChI=1S/C22H17ClN4O3/c1-14-9-10-15(23)12-18(14)25-19(28)13-26-21(29)17-8-5-11-24-20(17)27(22(26)30)16-6-3-2-4-7-16/h2-12H,13H2,1H3,(H,25,28). The molecule has 0 atom stereocenters. The number of anilines is 1. The number of hydrogen-bond acceptors (Lipinski definition) is 4. The Balaban J connectivity index is 1.81. The summed E-state index contributed by atoms with van der Waals surface area (Å²) in [5, 5.41) is 3.43. The van der Waals surface area contributed by atoms with E-state index in [4.69, 9.17) is 11.6 Å². The van der Waals surface area contributed by atoms with Crippen LogP contribution in [0.2, 0.25) is 5.02 Å². The van der Waals surface area contributed by atoms with E-state index < -0.39 is 23.7 Å². The van der Waals surface area contributed by atoms with E-state index in [1.165, 1.54) is 10.8 Å². The van der Waals surface area contributed by atoms with Gasteiger partial charge in [0.15, 0.2) is 5.65 Å². The van der Waals surface area contributed by atoms with Crippen molar-refractivity contribution in [1.82, 2.24) is 14.1 Å². The van der Waals surface area contributed by atoms with Gasteiger partial charge in [-0.2, -0.15) is 0 Å². The second kappa shape index (κ2) is 7.96. The van der Waals surface area contributed by atoms with Gasteiger partial charge >= 0.3 is 5.69 Å². The number of hydrogen-bond donors (Lipinski definition) is 1. The molecule has 8 heteroatoms. The molecule has 0 aliphatic carbocycles. The van der Waals surface area contributed by atoms with Crippen molar-refractivity contribution in [1.29, 1.82) is 0 Å². The predicted molar refractivity (Wildman–Crippen MR) is 116 cm³/mol. The molecule has 0 fully saturated rings. The van der Waals surface area contributed by atoms with E-state index in [0.717, 1.165) is 10.1 Å². The lowest BCUT2D eigenvalue weighted by atomic mass is 10.2. The van der Waals surface area contributed by atoms with Gasteiger partial charge in [-0.05, 0) is 48.9 Å². The number of halogens is 1. The highest BCUT2D eigenvalue weighted by atomic mass is 35.5. The molecule has 4 aromatic rings. The van der Waals surface area contributed by atoms with Crippen LogP contribution in [0, 0.1) is 6.92 Å². The lowest BCUT2D eigenvalue weighted by molar-refractivity contribution is -0.116. The van der Waals surface area contributed by atoms with Crippen molar-refractivity contribution in [2.45, 2.75) is 13.5 Å². The first-order valence-electron chi connectivity index (χ1n) is 9.18. The van der Waals surface area contributed by atoms with Crippen molar-refractivity contribution < 1.29 is 4.79 Å². The second-order valence-electron chi connectivity index (χ2n) is 6.73. The number of pyridine rings is 1. The van der Waals surface area contributed by atoms with Crippen molar-refractivity contribution in [3.8, 4) is 5.69 Å². The summed E-state index contributed by atoms with van der Waals surface area (Å²) in [6, 6.07) is 17.1. The van der Waals surface area contributed by atoms with E-state index in [1.807, 2.05) is 13.0 Å². The van der Waals surface area contributed by atoms with Crippen LogP contribution >= 0.6 is 11.6 Å². The largest absolute Gasteiger partial charge is 0.337 e. The zero-order valence-corrected chi connectivity index (χ0v) is 16.8. The molecule has 2 heterocycles. The molecule has 150 valence electrons. The van der Waals surface area contributed by atoms with Crippen LogP contribution in [0.4, 0.5) is 5.69 Å². The van der Waals surface area contributed by atoms with E-state index >= 15 is 0 Å². The third kappa shape index (κ3) is 3.62. The smallest absolute Gasteiger partial charge is 0.324 e. The summed E-state index contributed by atoms with van der Waals surface area (Å²) in [6.45, 7) is 1.38. The third-order valence-corrected chi connectivity index (χ3v) is 4.92. The van der Waals surface area contributed by atoms with Crippen molar-refractivity contribution in [2.24, 2.45) is 0 Å². The minimum atomic E-state index is -0.643. The molecule has 0 saturated heterocycles. The summed E-state index contributed by atoms with van der Waals surface area (Å²) >= 11 is 6.00. The van der Waals surface area contributed by atoms with Gasteiger partial charge in [-0.25, -0.2) is 18.9 Å². The summed E-state index contributed by atoms with van der Waals surface area (Å²) in [5.74, 6) is -0.512. The van der Waals surface area contributed by atoms with Gasteiger partial charge in [0.25, 0.3) is 5.56 Å². The minimum Gasteiger partial charge on any atom is -0.324 e. The number of aromatic nitrogens is 3. The lowest BCUT2D eigenvalue weighted by Gasteiger charge is -2.14. The van der Waals surface area contributed by atoms with E-state index in [1.54, 1.807) is 54.6 Å². The first kappa shape index (κ1) is 19.6. The van der Waals surface area contributed by atoms with Gasteiger partial charge in [0.05, 0.1) is 11.1 Å². The highest BCUT2D eigenvalue weighted by Crippen LogP contribution is 2.20. The van der Waals surface area contributed by atoms with Crippen molar-refractivity contribution in [3.05, 3.63) is 98.3 Å². The summed E-state index contributed by atoms with van der Waals surface area (Å²) in [4.78, 5) is 43.0. The van der Waals surface area contributed by atoms with Gasteiger partial charge in [0.1, 0.15) is 6.54 Å². The molecule has 0 unspecified atom stereocenters. The van der Waals surface area contributed by atoms with Crippen LogP contribution in [0.15, 0.2) is 76.4 Å². The monoisotopic (exact) mass is 420 g/mol. The average molecular weight is 421 g/mol. The highest BCUT2D eigenvalue weighted by Gasteiger charge is 2.17. The van der Waals surface area contributed by atoms with Crippen LogP contribution in [-0.2, 0) is 11.3 Å². The second-order valence-corrected chi connectivity index (χ2v) is 7.16. The van der Waals surface area contributed by atoms with Gasteiger partial charge in [-0.3, -0.25) is 9.59 Å². The molecule has 0 radical (unpaired) electrons. The quantitative estimate of drug-likeness (QED) is 0.549. The maximum Gasteiger partial charge on any atom is 0.337 e. The number of amides is 1. The Morgan fingerprint density at radius 1 is 1.07 bits per heavy atom. The number of fused-ring (bicyclic) bond motifs is 1. The molecule has 0 aliphatic heterocycles. The molecule has 7 nitrogen and oxygen atoms in total. The number of benzene rings is 2. The summed E-state index contributed by atoms with van der Waals surface area (Å²) < 4.78 is 2.24. The van der Waals surface area contributed by atoms with Gasteiger partial charge in [-0.15, -0.1) is 0 Å². The summed E-state index contributed by atoms with van der Waals surface area (Å²) in [7, 11) is 0. The summed E-state index contributed by atoms with van der Waals surface area (Å²) in [6.07, 6.45) is 1.51. The zero-order chi connectivity index (χ0) is 21.3. The minimum absolute atomic E-state index is 0.237. The molecule has 30 heavy (non-hydrogen) atoms. The Hall–Kier alpha value is -3.71. The average Bonchev–Trinajstić information content (AvgIpc) is 2.75. The Labute approximate surface area is 176 Å². The lowest BCUT2D eigenvalue weighted by Crippen LogP contribution is -2.42. The molecule has 0 aliphatic rings. The van der Waals surface area contributed by atoms with Crippen LogP contribution in [-0.4, -0.2) is 20.0 Å². The maximum atomic E-state index is 13.2. The van der Waals surface area contributed by atoms with Crippen LogP contribution in [0.5, 0.6) is 0 Å². The maximum absolute atomic E-state index is 13.2. The molecular formula is C22H17ClN4O3. The van der Waals surface area contributed by atoms with E-state index in [9.17, 15) is 14.4 Å². The first-order chi connectivity index (χ1) is 14.5. The molecular weight excluding hydrogens is 404 g/mol. The number of carbonyl (C=O) groups excluding carboxylic acids is 1. The normalized spacial score (nSPS) is 10.9. The van der Waals surface area contributed by atoms with Gasteiger partial charge in [-0.1, -0.05) is 35.9 Å². The Morgan fingerprint density at radius 2 is 1.83 bits per heavy atom. The molecule has 0 spiro atoms. The van der Waals surface area contributed by atoms with E-state index in [-0.39, 0.29) is 11.0 Å². The molecule has 0 saturated carbocycles. The Morgan fingerprint density at radius 3 is 2.60 bits per heavy atom. The molecule has 2 aromatic heterocycles. The molecule has 1 N–H and O–H groups in total. The molecule has 2 aromatic carbocycles. The predicted octanol–water partition coefficient (Wildman–Crippen LogP) is 3.15. The number of nitrogens with zero attached hydrogens (tertiary/aromatic N) is 3. The van der Waals surface area contributed by atoms with Crippen molar-refractivity contribution in [2.75, 3.05) is 5.32 Å². The Bertz CT molecular complexity index is 1380. The van der Waals surface area contributed by atoms with Crippen molar-refractivity contribution in [3.63, 3.8) is 0 Å². The SMILES string of the molecule is Cc1ccc(Cl)cc1NC(=O)Cn1c(=O)c2cccnc2n(-c2ccccc2)c1=O. The number of para-hydroxylation sites is 1. The highest BCUT2D eigenvalue weighted by molar-refractivity contribution is 6.31. The number of nitrogens with one attached hydrogen (secondary N) is 1. The fourth-order valence-corrected chi connectivity index (χ4v) is 3.37. The fraction of sp³-hybridized carbons (Fsp3) is 0.0909. The van der Waals surface area contributed by atoms with Crippen LogP contribution < -0.4 is 16.6 Å². The van der Waals surface area contributed by atoms with E-state index in [2.05, 4.69) is 10.3 Å². The number of carbonyl (C=O) groups is 1. The molecule has 0 bridgehead atoms. The van der Waals surface area contributed by atoms with Gasteiger partial charge in [0.2, 0.25) is 5.91 Å². The van der Waals surface area contributed by atoms with Crippen LogP contribution in [0.1, 0.15) is 5.56 Å². The van der Waals surface area contributed by atoms with Crippen LogP contribution in [0.3, 0.4) is 0 Å². The van der Waals surface area contributed by atoms with Crippen molar-refractivity contribution >= 4 is 34.2 Å². The Kier molecular flexibility index (Phi) is 5.20. The number of aryl methyl sites for hydroxylation is 1. The van der Waals surface area contributed by atoms with Gasteiger partial charge < -0.3 is 5.32 Å². The van der Waals surface area contributed by atoms with Crippen LogP contribution in [0.25, 0.3) is 16.7 Å². The zero-order valence-electron chi connectivity index (χ0n) is 16.0. The van der Waals surface area contributed by atoms with E-state index in [0.29, 0.717) is 16.4 Å². The number of rotatable bonds is 4. The fourth-order valence-electron chi connectivity index (χ4n) is 3.20. The topological polar surface area (TPSA) is 86.0 Å². The van der Waals surface area contributed by atoms with Gasteiger partial charge in [0, 0.05) is 16.9 Å². The first-order valence-corrected chi connectivity index (χ1v) is 9.55. The molecule has 1 amide bonds.